The highest BCUT2D eigenvalue weighted by molar-refractivity contribution is 7.10. The first-order valence-corrected chi connectivity index (χ1v) is 6.62. The number of hydrogen-bond acceptors (Lipinski definition) is 4. The average Bonchev–Trinajstić information content (AvgIpc) is 2.77. The molecule has 0 aromatic carbocycles. The number of carbonyl (C=O) groups excluding carboxylic acids is 1. The lowest BCUT2D eigenvalue weighted by Crippen LogP contribution is -2.44. The van der Waals surface area contributed by atoms with Crippen molar-refractivity contribution in [1.29, 1.82) is 0 Å². The highest BCUT2D eigenvalue weighted by Gasteiger charge is 2.25. The Bertz CT molecular complexity index is 403. The van der Waals surface area contributed by atoms with Crippen LogP contribution in [0.15, 0.2) is 17.5 Å². The van der Waals surface area contributed by atoms with Gasteiger partial charge in [0.25, 0.3) is 0 Å². The third-order valence-corrected chi connectivity index (χ3v) is 3.36. The summed E-state index contributed by atoms with van der Waals surface area (Å²) in [6.07, 6.45) is 0.530. The van der Waals surface area contributed by atoms with Gasteiger partial charge in [0.05, 0.1) is 6.04 Å². The van der Waals surface area contributed by atoms with Crippen LogP contribution >= 0.6 is 11.3 Å². The summed E-state index contributed by atoms with van der Waals surface area (Å²) in [5.41, 5.74) is 5.72. The highest BCUT2D eigenvalue weighted by Crippen LogP contribution is 2.19. The molecule has 2 atom stereocenters. The number of hydrogen-bond donors (Lipinski definition) is 3. The van der Waals surface area contributed by atoms with Crippen LogP contribution < -0.4 is 11.1 Å². The topological polar surface area (TPSA) is 92.4 Å². The molecular formula is C12H18N2O3S. The molecule has 0 aliphatic rings. The van der Waals surface area contributed by atoms with Crippen molar-refractivity contribution in [3.63, 3.8) is 0 Å². The summed E-state index contributed by atoms with van der Waals surface area (Å²) < 4.78 is 0. The van der Waals surface area contributed by atoms with E-state index >= 15 is 0 Å². The number of carboxylic acid groups (broad SMARTS) is 1. The highest BCUT2D eigenvalue weighted by atomic mass is 32.1. The number of aliphatic carboxylic acids is 1. The van der Waals surface area contributed by atoms with Crippen LogP contribution in [0.4, 0.5) is 0 Å². The number of nitrogens with one attached hydrogen (secondary N) is 1. The molecule has 0 aliphatic carbocycles. The Hall–Kier alpha value is -1.40. The first-order chi connectivity index (χ1) is 8.41. The second-order valence-electron chi connectivity index (χ2n) is 4.53. The molecule has 1 aromatic rings. The van der Waals surface area contributed by atoms with E-state index in [0.717, 1.165) is 0 Å². The second-order valence-corrected chi connectivity index (χ2v) is 5.51. The molecular weight excluding hydrogens is 252 g/mol. The molecule has 0 aliphatic heterocycles. The smallest absolute Gasteiger partial charge is 0.331 e. The van der Waals surface area contributed by atoms with E-state index in [0.29, 0.717) is 11.3 Å². The molecule has 6 heteroatoms. The lowest BCUT2D eigenvalue weighted by atomic mass is 10.0. The van der Waals surface area contributed by atoms with Crippen molar-refractivity contribution in [2.24, 2.45) is 11.7 Å². The molecule has 0 radical (unpaired) electrons. The predicted octanol–water partition coefficient (Wildman–Crippen LogP) is 1.36. The zero-order valence-electron chi connectivity index (χ0n) is 10.4. The Kier molecular flexibility index (Phi) is 5.30. The second kappa shape index (κ2) is 6.51. The fourth-order valence-corrected chi connectivity index (χ4v) is 2.34. The summed E-state index contributed by atoms with van der Waals surface area (Å²) in [6.45, 7) is 3.92. The van der Waals surface area contributed by atoms with Crippen molar-refractivity contribution in [2.75, 3.05) is 0 Å². The third kappa shape index (κ3) is 4.12. The molecule has 0 spiro atoms. The molecule has 4 N–H and O–H groups in total. The van der Waals surface area contributed by atoms with Crippen LogP contribution in [0.2, 0.25) is 0 Å². The minimum absolute atomic E-state index is 0.288. The zero-order chi connectivity index (χ0) is 13.7. The van der Waals surface area contributed by atoms with E-state index in [1.54, 1.807) is 17.5 Å². The van der Waals surface area contributed by atoms with Gasteiger partial charge < -0.3 is 16.2 Å². The van der Waals surface area contributed by atoms with E-state index in [2.05, 4.69) is 5.32 Å². The maximum absolute atomic E-state index is 11.8. The van der Waals surface area contributed by atoms with Crippen LogP contribution in [0.1, 0.15) is 31.2 Å². The van der Waals surface area contributed by atoms with Crippen LogP contribution in [0, 0.1) is 5.92 Å². The van der Waals surface area contributed by atoms with E-state index in [1.807, 2.05) is 13.8 Å². The van der Waals surface area contributed by atoms with Crippen LogP contribution in [-0.2, 0) is 9.59 Å². The van der Waals surface area contributed by atoms with Gasteiger partial charge in [-0.15, -0.1) is 11.3 Å². The lowest BCUT2D eigenvalue weighted by Gasteiger charge is -2.18. The van der Waals surface area contributed by atoms with Crippen LogP contribution in [-0.4, -0.2) is 23.0 Å². The Morgan fingerprint density at radius 3 is 2.61 bits per heavy atom. The largest absolute Gasteiger partial charge is 0.479 e. The fourth-order valence-electron chi connectivity index (χ4n) is 1.57. The molecule has 0 saturated heterocycles. The van der Waals surface area contributed by atoms with Gasteiger partial charge in [0.15, 0.2) is 6.04 Å². The Labute approximate surface area is 110 Å². The number of thiophene rings is 1. The van der Waals surface area contributed by atoms with Gasteiger partial charge in [-0.05, 0) is 23.8 Å². The molecule has 1 heterocycles. The summed E-state index contributed by atoms with van der Waals surface area (Å²) in [4.78, 5) is 23.5. The number of amides is 1. The molecule has 18 heavy (non-hydrogen) atoms. The summed E-state index contributed by atoms with van der Waals surface area (Å²) in [5, 5.41) is 13.3. The van der Waals surface area contributed by atoms with E-state index in [1.165, 1.54) is 11.3 Å². The van der Waals surface area contributed by atoms with E-state index in [-0.39, 0.29) is 5.92 Å². The number of carbonyl (C=O) groups is 2. The number of carboxylic acids is 1. The molecule has 100 valence electrons. The van der Waals surface area contributed by atoms with Gasteiger partial charge in [-0.1, -0.05) is 19.9 Å². The zero-order valence-corrected chi connectivity index (χ0v) is 11.2. The van der Waals surface area contributed by atoms with E-state index in [9.17, 15) is 9.59 Å². The monoisotopic (exact) mass is 270 g/mol. The van der Waals surface area contributed by atoms with Gasteiger partial charge in [-0.2, -0.15) is 0 Å². The van der Waals surface area contributed by atoms with Crippen molar-refractivity contribution in [3.05, 3.63) is 22.4 Å². The Morgan fingerprint density at radius 2 is 2.17 bits per heavy atom. The molecule has 0 saturated carbocycles. The number of rotatable bonds is 6. The normalized spacial score (nSPS) is 14.2. The predicted molar refractivity (Wildman–Crippen MR) is 70.3 cm³/mol. The van der Waals surface area contributed by atoms with Gasteiger partial charge in [-0.25, -0.2) is 4.79 Å². The minimum Gasteiger partial charge on any atom is -0.479 e. The third-order valence-electron chi connectivity index (χ3n) is 2.42. The van der Waals surface area contributed by atoms with E-state index in [4.69, 9.17) is 10.8 Å². The molecule has 1 rings (SSSR count). The molecule has 5 nitrogen and oxygen atoms in total. The van der Waals surface area contributed by atoms with Gasteiger partial charge in [0, 0.05) is 4.88 Å². The van der Waals surface area contributed by atoms with Crippen molar-refractivity contribution < 1.29 is 14.7 Å². The molecule has 0 bridgehead atoms. The standard InChI is InChI=1S/C12H18N2O3S/c1-7(2)6-8(13)11(15)14-10(12(16)17)9-4-3-5-18-9/h3-5,7-8,10H,6,13H2,1-2H3,(H,14,15)(H,16,17)/t8-,10?/m0/s1. The average molecular weight is 270 g/mol. The molecule has 1 amide bonds. The van der Waals surface area contributed by atoms with Crippen molar-refractivity contribution in [1.82, 2.24) is 5.32 Å². The molecule has 1 unspecified atom stereocenters. The summed E-state index contributed by atoms with van der Waals surface area (Å²) in [5.74, 6) is -1.22. The maximum atomic E-state index is 11.8. The van der Waals surface area contributed by atoms with Gasteiger partial charge in [-0.3, -0.25) is 4.79 Å². The van der Waals surface area contributed by atoms with Crippen molar-refractivity contribution >= 4 is 23.2 Å². The van der Waals surface area contributed by atoms with Gasteiger partial charge in [0.1, 0.15) is 0 Å². The maximum Gasteiger partial charge on any atom is 0.331 e. The minimum atomic E-state index is -1.08. The summed E-state index contributed by atoms with van der Waals surface area (Å²) >= 11 is 1.29. The van der Waals surface area contributed by atoms with Crippen LogP contribution in [0.5, 0.6) is 0 Å². The van der Waals surface area contributed by atoms with E-state index < -0.39 is 24.0 Å². The van der Waals surface area contributed by atoms with Crippen molar-refractivity contribution in [3.8, 4) is 0 Å². The first kappa shape index (κ1) is 14.7. The Balaban J connectivity index is 2.68. The fraction of sp³-hybridized carbons (Fsp3) is 0.500. The van der Waals surface area contributed by atoms with Crippen LogP contribution in [0.3, 0.4) is 0 Å². The first-order valence-electron chi connectivity index (χ1n) is 5.74. The van der Waals surface area contributed by atoms with Gasteiger partial charge >= 0.3 is 5.97 Å². The Morgan fingerprint density at radius 1 is 1.50 bits per heavy atom. The van der Waals surface area contributed by atoms with Crippen molar-refractivity contribution in [2.45, 2.75) is 32.4 Å². The van der Waals surface area contributed by atoms with Gasteiger partial charge in [0.2, 0.25) is 5.91 Å². The molecule has 1 aromatic heterocycles. The number of nitrogens with two attached hydrogens (primary N) is 1. The van der Waals surface area contributed by atoms with Crippen LogP contribution in [0.25, 0.3) is 0 Å². The summed E-state index contributed by atoms with van der Waals surface area (Å²) in [6, 6.07) is 1.73. The molecule has 0 fully saturated rings. The quantitative estimate of drug-likeness (QED) is 0.727. The lowest BCUT2D eigenvalue weighted by molar-refractivity contribution is -0.142. The SMILES string of the molecule is CC(C)C[C@H](N)C(=O)NC(C(=O)O)c1cccs1. The summed E-state index contributed by atoms with van der Waals surface area (Å²) in [7, 11) is 0.